The Kier molecular flexibility index (Phi) is 3.68. The van der Waals surface area contributed by atoms with Crippen LogP contribution in [0.4, 0.5) is 5.00 Å². The van der Waals surface area contributed by atoms with Crippen LogP contribution in [0.15, 0.2) is 11.6 Å². The van der Waals surface area contributed by atoms with E-state index in [1.165, 1.54) is 26.7 Å². The fourth-order valence-corrected chi connectivity index (χ4v) is 3.64. The van der Waals surface area contributed by atoms with Crippen molar-refractivity contribution in [2.75, 3.05) is 5.32 Å². The highest BCUT2D eigenvalue weighted by Crippen LogP contribution is 2.30. The SMILES string of the molecule is Cc1cc(C(C)Nc2scnc2C(=O)O)c(C)s1. The summed E-state index contributed by atoms with van der Waals surface area (Å²) in [6.07, 6.45) is 0. The minimum Gasteiger partial charge on any atom is -0.476 e. The van der Waals surface area contributed by atoms with Crippen molar-refractivity contribution in [2.45, 2.75) is 26.8 Å². The summed E-state index contributed by atoms with van der Waals surface area (Å²) in [4.78, 5) is 17.3. The smallest absolute Gasteiger partial charge is 0.357 e. The van der Waals surface area contributed by atoms with Gasteiger partial charge in [-0.25, -0.2) is 9.78 Å². The maximum Gasteiger partial charge on any atom is 0.357 e. The summed E-state index contributed by atoms with van der Waals surface area (Å²) in [6.45, 7) is 6.18. The highest BCUT2D eigenvalue weighted by Gasteiger charge is 2.17. The largest absolute Gasteiger partial charge is 0.476 e. The molecule has 0 aromatic carbocycles. The number of aromatic carboxylic acids is 1. The van der Waals surface area contributed by atoms with Crippen molar-refractivity contribution in [3.8, 4) is 0 Å². The van der Waals surface area contributed by atoms with Gasteiger partial charge in [0.2, 0.25) is 0 Å². The first-order chi connectivity index (χ1) is 8.49. The van der Waals surface area contributed by atoms with Crippen molar-refractivity contribution >= 4 is 33.6 Å². The summed E-state index contributed by atoms with van der Waals surface area (Å²) in [5.41, 5.74) is 2.85. The van der Waals surface area contributed by atoms with Gasteiger partial charge in [0.25, 0.3) is 0 Å². The topological polar surface area (TPSA) is 62.2 Å². The quantitative estimate of drug-likeness (QED) is 0.897. The fraction of sp³-hybridized carbons (Fsp3) is 0.333. The number of hydrogen-bond donors (Lipinski definition) is 2. The first kappa shape index (κ1) is 13.0. The molecule has 4 nitrogen and oxygen atoms in total. The molecule has 6 heteroatoms. The summed E-state index contributed by atoms with van der Waals surface area (Å²) in [6, 6.07) is 2.22. The number of hydrogen-bond acceptors (Lipinski definition) is 5. The normalized spacial score (nSPS) is 12.4. The van der Waals surface area contributed by atoms with Gasteiger partial charge in [-0.2, -0.15) is 0 Å². The maximum absolute atomic E-state index is 11.0. The molecule has 0 bridgehead atoms. The van der Waals surface area contributed by atoms with Crippen LogP contribution in [0.25, 0.3) is 0 Å². The van der Waals surface area contributed by atoms with Gasteiger partial charge in [0.05, 0.1) is 11.6 Å². The van der Waals surface area contributed by atoms with Crippen molar-refractivity contribution in [3.05, 3.63) is 32.6 Å². The number of carboxylic acids is 1. The molecule has 0 fully saturated rings. The van der Waals surface area contributed by atoms with E-state index >= 15 is 0 Å². The lowest BCUT2D eigenvalue weighted by atomic mass is 10.1. The van der Waals surface area contributed by atoms with Gasteiger partial charge in [-0.1, -0.05) is 0 Å². The lowest BCUT2D eigenvalue weighted by Crippen LogP contribution is -2.09. The van der Waals surface area contributed by atoms with Crippen molar-refractivity contribution in [2.24, 2.45) is 0 Å². The third-order valence-electron chi connectivity index (χ3n) is 2.66. The molecular formula is C12H14N2O2S2. The number of aryl methyl sites for hydroxylation is 2. The van der Waals surface area contributed by atoms with Crippen LogP contribution in [0.5, 0.6) is 0 Å². The molecule has 0 saturated carbocycles. The second-order valence-electron chi connectivity index (χ2n) is 4.07. The number of carbonyl (C=O) groups is 1. The van der Waals surface area contributed by atoms with Gasteiger partial charge < -0.3 is 10.4 Å². The van der Waals surface area contributed by atoms with E-state index in [9.17, 15) is 4.79 Å². The second kappa shape index (κ2) is 5.07. The molecule has 1 atom stereocenters. The third-order valence-corrected chi connectivity index (χ3v) is 4.40. The van der Waals surface area contributed by atoms with Crippen molar-refractivity contribution in [1.82, 2.24) is 4.98 Å². The van der Waals surface area contributed by atoms with Gasteiger partial charge in [0, 0.05) is 9.75 Å². The lowest BCUT2D eigenvalue weighted by Gasteiger charge is -2.14. The van der Waals surface area contributed by atoms with E-state index in [0.717, 1.165) is 0 Å². The molecule has 1 unspecified atom stereocenters. The predicted octanol–water partition coefficient (Wildman–Crippen LogP) is 3.69. The van der Waals surface area contributed by atoms with Crippen LogP contribution in [0, 0.1) is 13.8 Å². The Morgan fingerprint density at radius 2 is 2.22 bits per heavy atom. The van der Waals surface area contributed by atoms with Crippen LogP contribution in [0.2, 0.25) is 0 Å². The summed E-state index contributed by atoms with van der Waals surface area (Å²) >= 11 is 3.07. The Balaban J connectivity index is 2.21. The number of thiazole rings is 1. The highest BCUT2D eigenvalue weighted by molar-refractivity contribution is 7.14. The molecule has 0 saturated heterocycles. The average Bonchev–Trinajstić information content (AvgIpc) is 2.85. The van der Waals surface area contributed by atoms with Gasteiger partial charge in [-0.15, -0.1) is 22.7 Å². The zero-order valence-corrected chi connectivity index (χ0v) is 12.0. The number of anilines is 1. The zero-order chi connectivity index (χ0) is 13.3. The number of rotatable bonds is 4. The molecule has 96 valence electrons. The molecule has 2 rings (SSSR count). The van der Waals surface area contributed by atoms with Crippen LogP contribution < -0.4 is 5.32 Å². The molecule has 2 heterocycles. The minimum absolute atomic E-state index is 0.0773. The standard InChI is InChI=1S/C12H14N2O2S2/c1-6-4-9(8(3)18-6)7(2)14-11-10(12(15)16)13-5-17-11/h4-5,7,14H,1-3H3,(H,15,16). The molecule has 0 radical (unpaired) electrons. The summed E-state index contributed by atoms with van der Waals surface area (Å²) in [5.74, 6) is -0.996. The van der Waals surface area contributed by atoms with E-state index in [2.05, 4.69) is 30.2 Å². The molecule has 0 aliphatic heterocycles. The maximum atomic E-state index is 11.0. The summed E-state index contributed by atoms with van der Waals surface area (Å²) in [5, 5.41) is 12.8. The van der Waals surface area contributed by atoms with E-state index in [4.69, 9.17) is 5.11 Å². The van der Waals surface area contributed by atoms with E-state index in [-0.39, 0.29) is 11.7 Å². The van der Waals surface area contributed by atoms with Crippen LogP contribution in [-0.4, -0.2) is 16.1 Å². The van der Waals surface area contributed by atoms with Gasteiger partial charge in [-0.3, -0.25) is 0 Å². The van der Waals surface area contributed by atoms with E-state index in [0.29, 0.717) is 5.00 Å². The second-order valence-corrected chi connectivity index (χ2v) is 6.39. The lowest BCUT2D eigenvalue weighted by molar-refractivity contribution is 0.0692. The van der Waals surface area contributed by atoms with Crippen molar-refractivity contribution in [1.29, 1.82) is 0 Å². The van der Waals surface area contributed by atoms with Crippen molar-refractivity contribution < 1.29 is 9.90 Å². The Hall–Kier alpha value is -1.40. The van der Waals surface area contributed by atoms with Crippen molar-refractivity contribution in [3.63, 3.8) is 0 Å². The monoisotopic (exact) mass is 282 g/mol. The van der Waals surface area contributed by atoms with E-state index in [1.807, 2.05) is 6.92 Å². The van der Waals surface area contributed by atoms with Gasteiger partial charge in [0.1, 0.15) is 5.00 Å². The Morgan fingerprint density at radius 1 is 1.50 bits per heavy atom. The molecule has 0 amide bonds. The van der Waals surface area contributed by atoms with E-state index < -0.39 is 5.97 Å². The van der Waals surface area contributed by atoms with E-state index in [1.54, 1.807) is 16.8 Å². The molecule has 18 heavy (non-hydrogen) atoms. The summed E-state index contributed by atoms with van der Waals surface area (Å²) in [7, 11) is 0. The van der Waals surface area contributed by atoms with Crippen LogP contribution in [0.3, 0.4) is 0 Å². The molecule has 2 N–H and O–H groups in total. The number of nitrogens with one attached hydrogen (secondary N) is 1. The fourth-order valence-electron chi connectivity index (χ4n) is 1.86. The molecule has 0 spiro atoms. The molecule has 0 aliphatic carbocycles. The predicted molar refractivity (Wildman–Crippen MR) is 74.9 cm³/mol. The van der Waals surface area contributed by atoms with Gasteiger partial charge in [-0.05, 0) is 32.4 Å². The van der Waals surface area contributed by atoms with Gasteiger partial charge >= 0.3 is 5.97 Å². The first-order valence-electron chi connectivity index (χ1n) is 5.49. The average molecular weight is 282 g/mol. The molecule has 2 aromatic rings. The van der Waals surface area contributed by atoms with Gasteiger partial charge in [0.15, 0.2) is 5.69 Å². The Labute approximate surface area is 113 Å². The number of thiophene rings is 1. The highest BCUT2D eigenvalue weighted by atomic mass is 32.1. The molecule has 2 aromatic heterocycles. The van der Waals surface area contributed by atoms with Crippen LogP contribution in [0.1, 0.15) is 38.8 Å². The zero-order valence-electron chi connectivity index (χ0n) is 10.4. The minimum atomic E-state index is -0.996. The first-order valence-corrected chi connectivity index (χ1v) is 7.19. The Morgan fingerprint density at radius 3 is 2.78 bits per heavy atom. The van der Waals surface area contributed by atoms with Crippen LogP contribution in [-0.2, 0) is 0 Å². The number of carboxylic acid groups (broad SMARTS) is 1. The number of aromatic nitrogens is 1. The van der Waals surface area contributed by atoms with Crippen LogP contribution >= 0.6 is 22.7 Å². The Bertz CT molecular complexity index is 574. The number of nitrogens with zero attached hydrogens (tertiary/aromatic N) is 1. The summed E-state index contributed by atoms with van der Waals surface area (Å²) < 4.78 is 0. The molecule has 0 aliphatic rings. The third kappa shape index (κ3) is 2.54. The molecular weight excluding hydrogens is 268 g/mol.